The smallest absolute Gasteiger partial charge is 0.238 e. The summed E-state index contributed by atoms with van der Waals surface area (Å²) in [4.78, 5) is 16.2. The second kappa shape index (κ2) is 6.72. The van der Waals surface area contributed by atoms with Crippen LogP contribution in [0.25, 0.3) is 0 Å². The summed E-state index contributed by atoms with van der Waals surface area (Å²) in [6.45, 7) is 5.07. The summed E-state index contributed by atoms with van der Waals surface area (Å²) < 4.78 is 5.40. The van der Waals surface area contributed by atoms with E-state index < -0.39 is 0 Å². The molecule has 20 heavy (non-hydrogen) atoms. The molecule has 1 saturated heterocycles. The van der Waals surface area contributed by atoms with Gasteiger partial charge in [-0.3, -0.25) is 10.1 Å². The van der Waals surface area contributed by atoms with Gasteiger partial charge >= 0.3 is 0 Å². The lowest BCUT2D eigenvalue weighted by Crippen LogP contribution is -2.37. The molecule has 0 aromatic heterocycles. The van der Waals surface area contributed by atoms with Crippen LogP contribution in [-0.2, 0) is 4.79 Å². The predicted octanol–water partition coefficient (Wildman–Crippen LogP) is 1.08. The van der Waals surface area contributed by atoms with Gasteiger partial charge in [-0.1, -0.05) is 25.1 Å². The number of carbonyl (C=O) groups excluding carboxylic acids is 1. The second-order valence-corrected chi connectivity index (χ2v) is 5.01. The lowest BCUT2D eigenvalue weighted by atomic mass is 10.1. The second-order valence-electron chi connectivity index (χ2n) is 5.01. The predicted molar refractivity (Wildman–Crippen MR) is 78.6 cm³/mol. The van der Waals surface area contributed by atoms with Gasteiger partial charge in [-0.25, -0.2) is 0 Å². The Morgan fingerprint density at radius 1 is 1.45 bits per heavy atom. The molecule has 2 rings (SSSR count). The quantitative estimate of drug-likeness (QED) is 0.845. The summed E-state index contributed by atoms with van der Waals surface area (Å²) in [6, 6.07) is 7.84. The number of para-hydroxylation sites is 1. The molecule has 5 nitrogen and oxygen atoms in total. The monoisotopic (exact) mass is 277 g/mol. The Morgan fingerprint density at radius 2 is 2.20 bits per heavy atom. The third kappa shape index (κ3) is 3.11. The van der Waals surface area contributed by atoms with E-state index in [1.165, 1.54) is 0 Å². The number of nitrogens with one attached hydrogen (secondary N) is 1. The zero-order valence-corrected chi connectivity index (χ0v) is 12.4. The standard InChI is InChI=1S/C15H23N3O2/c1-4-17(2)9-10-18-14(19)11-16-15(18)12-7-5-6-8-13(12)20-3/h5-8,15-16H,4,9-11H2,1-3H3. The molecule has 0 saturated carbocycles. The number of methoxy groups -OCH3 is 1. The van der Waals surface area contributed by atoms with Crippen molar-refractivity contribution in [1.82, 2.24) is 15.1 Å². The van der Waals surface area contributed by atoms with Crippen LogP contribution in [0.5, 0.6) is 5.75 Å². The normalized spacial score (nSPS) is 18.9. The zero-order chi connectivity index (χ0) is 14.5. The van der Waals surface area contributed by atoms with Crippen LogP contribution >= 0.6 is 0 Å². The first-order valence-corrected chi connectivity index (χ1v) is 7.01. The summed E-state index contributed by atoms with van der Waals surface area (Å²) in [5.74, 6) is 0.957. The van der Waals surface area contributed by atoms with Gasteiger partial charge in [0, 0.05) is 18.7 Å². The molecule has 1 aliphatic heterocycles. The maximum Gasteiger partial charge on any atom is 0.238 e. The lowest BCUT2D eigenvalue weighted by molar-refractivity contribution is -0.128. The number of rotatable bonds is 6. The highest BCUT2D eigenvalue weighted by Crippen LogP contribution is 2.29. The van der Waals surface area contributed by atoms with Gasteiger partial charge in [0.15, 0.2) is 0 Å². The fourth-order valence-corrected chi connectivity index (χ4v) is 2.40. The lowest BCUT2D eigenvalue weighted by Gasteiger charge is -2.27. The van der Waals surface area contributed by atoms with Gasteiger partial charge < -0.3 is 14.5 Å². The largest absolute Gasteiger partial charge is 0.496 e. The maximum atomic E-state index is 12.1. The minimum absolute atomic E-state index is 0.0936. The van der Waals surface area contributed by atoms with Crippen LogP contribution in [0, 0.1) is 0 Å². The van der Waals surface area contributed by atoms with Gasteiger partial charge in [-0.2, -0.15) is 0 Å². The molecule has 1 amide bonds. The highest BCUT2D eigenvalue weighted by atomic mass is 16.5. The van der Waals surface area contributed by atoms with E-state index in [1.807, 2.05) is 29.2 Å². The molecule has 1 aromatic carbocycles. The molecule has 0 radical (unpaired) electrons. The van der Waals surface area contributed by atoms with Gasteiger partial charge in [0.1, 0.15) is 11.9 Å². The van der Waals surface area contributed by atoms with Gasteiger partial charge in [0.05, 0.1) is 13.7 Å². The summed E-state index contributed by atoms with van der Waals surface area (Å²) in [7, 11) is 3.72. The summed E-state index contributed by atoms with van der Waals surface area (Å²) in [5.41, 5.74) is 1.01. The van der Waals surface area contributed by atoms with Crippen molar-refractivity contribution in [2.45, 2.75) is 13.1 Å². The Kier molecular flexibility index (Phi) is 4.98. The summed E-state index contributed by atoms with van der Waals surface area (Å²) >= 11 is 0. The molecule has 1 aromatic rings. The van der Waals surface area contributed by atoms with Crippen LogP contribution in [0.15, 0.2) is 24.3 Å². The molecule has 0 aliphatic carbocycles. The average molecular weight is 277 g/mol. The first-order chi connectivity index (χ1) is 9.67. The highest BCUT2D eigenvalue weighted by molar-refractivity contribution is 5.81. The molecule has 1 fully saturated rings. The van der Waals surface area contributed by atoms with E-state index in [0.29, 0.717) is 6.54 Å². The van der Waals surface area contributed by atoms with Crippen LogP contribution in [0.3, 0.4) is 0 Å². The van der Waals surface area contributed by atoms with E-state index in [-0.39, 0.29) is 12.1 Å². The summed E-state index contributed by atoms with van der Waals surface area (Å²) in [6.07, 6.45) is -0.0936. The van der Waals surface area contributed by atoms with E-state index in [2.05, 4.69) is 24.2 Å². The van der Waals surface area contributed by atoms with E-state index in [9.17, 15) is 4.79 Å². The number of likely N-dealkylation sites (N-methyl/N-ethyl adjacent to an activating group) is 1. The Bertz CT molecular complexity index is 464. The number of carbonyl (C=O) groups is 1. The van der Waals surface area contributed by atoms with Gasteiger partial charge in [0.2, 0.25) is 5.91 Å². The number of nitrogens with zero attached hydrogens (tertiary/aromatic N) is 2. The first-order valence-electron chi connectivity index (χ1n) is 7.01. The van der Waals surface area contributed by atoms with Gasteiger partial charge in [0.25, 0.3) is 0 Å². The van der Waals surface area contributed by atoms with E-state index in [4.69, 9.17) is 4.74 Å². The molecular formula is C15H23N3O2. The Labute approximate surface area is 120 Å². The van der Waals surface area contributed by atoms with Crippen molar-refractivity contribution < 1.29 is 9.53 Å². The number of amides is 1. The minimum atomic E-state index is -0.0936. The Hall–Kier alpha value is -1.59. The fourth-order valence-electron chi connectivity index (χ4n) is 2.40. The molecule has 5 heteroatoms. The third-order valence-electron chi connectivity index (χ3n) is 3.77. The van der Waals surface area contributed by atoms with Crippen LogP contribution < -0.4 is 10.1 Å². The molecule has 110 valence electrons. The number of hydrogen-bond donors (Lipinski definition) is 1. The van der Waals surface area contributed by atoms with Gasteiger partial charge in [-0.15, -0.1) is 0 Å². The van der Waals surface area contributed by atoms with Crippen molar-refractivity contribution >= 4 is 5.91 Å². The highest BCUT2D eigenvalue weighted by Gasteiger charge is 2.32. The van der Waals surface area contributed by atoms with Crippen LogP contribution in [0.1, 0.15) is 18.7 Å². The third-order valence-corrected chi connectivity index (χ3v) is 3.77. The molecule has 1 N–H and O–H groups in total. The van der Waals surface area contributed by atoms with Crippen molar-refractivity contribution in [3.63, 3.8) is 0 Å². The number of hydrogen-bond acceptors (Lipinski definition) is 4. The Balaban J connectivity index is 2.15. The van der Waals surface area contributed by atoms with Crippen LogP contribution in [0.2, 0.25) is 0 Å². The SMILES string of the molecule is CCN(C)CCN1C(=O)CNC1c1ccccc1OC. The first kappa shape index (κ1) is 14.8. The summed E-state index contributed by atoms with van der Waals surface area (Å²) in [5, 5.41) is 3.27. The minimum Gasteiger partial charge on any atom is -0.496 e. The van der Waals surface area contributed by atoms with Crippen LogP contribution in [0.4, 0.5) is 0 Å². The topological polar surface area (TPSA) is 44.8 Å². The van der Waals surface area contributed by atoms with E-state index in [1.54, 1.807) is 7.11 Å². The number of benzene rings is 1. The molecule has 0 spiro atoms. The van der Waals surface area contributed by atoms with E-state index in [0.717, 1.165) is 30.9 Å². The van der Waals surface area contributed by atoms with Crippen molar-refractivity contribution in [1.29, 1.82) is 0 Å². The zero-order valence-electron chi connectivity index (χ0n) is 12.4. The van der Waals surface area contributed by atoms with Crippen molar-refractivity contribution in [2.24, 2.45) is 0 Å². The molecule has 1 unspecified atom stereocenters. The van der Waals surface area contributed by atoms with Crippen molar-refractivity contribution in [2.75, 3.05) is 40.3 Å². The Morgan fingerprint density at radius 3 is 2.90 bits per heavy atom. The van der Waals surface area contributed by atoms with Crippen LogP contribution in [-0.4, -0.2) is 56.0 Å². The average Bonchev–Trinajstić information content (AvgIpc) is 2.85. The molecule has 1 aliphatic rings. The number of ether oxygens (including phenoxy) is 1. The maximum absolute atomic E-state index is 12.1. The van der Waals surface area contributed by atoms with Crippen molar-refractivity contribution in [3.05, 3.63) is 29.8 Å². The molecule has 1 heterocycles. The van der Waals surface area contributed by atoms with E-state index >= 15 is 0 Å². The fraction of sp³-hybridized carbons (Fsp3) is 0.533. The molecule has 1 atom stereocenters. The molecular weight excluding hydrogens is 254 g/mol. The molecule has 0 bridgehead atoms. The van der Waals surface area contributed by atoms with Gasteiger partial charge in [-0.05, 0) is 19.7 Å². The van der Waals surface area contributed by atoms with Crippen molar-refractivity contribution in [3.8, 4) is 5.75 Å².